The summed E-state index contributed by atoms with van der Waals surface area (Å²) in [6.45, 7) is 34.1. The van der Waals surface area contributed by atoms with Crippen molar-refractivity contribution in [3.05, 3.63) is 360 Å². The van der Waals surface area contributed by atoms with E-state index in [0.29, 0.717) is 136 Å². The van der Waals surface area contributed by atoms with Gasteiger partial charge in [0.05, 0.1) is 0 Å². The Morgan fingerprint density at radius 1 is 0.229 bits per heavy atom. The molecule has 0 bridgehead atoms. The molecule has 8 aromatic carbocycles. The number of fused-ring (bicyclic) bond motifs is 6. The van der Waals surface area contributed by atoms with Gasteiger partial charge in [-0.3, -0.25) is 27.4 Å². The molecule has 0 aliphatic rings. The van der Waals surface area contributed by atoms with Gasteiger partial charge in [-0.25, -0.2) is 89.7 Å². The Bertz CT molecular complexity index is 8170. The minimum absolute atomic E-state index is 0.275. The van der Waals surface area contributed by atoms with Gasteiger partial charge >= 0.3 is 0 Å². The van der Waals surface area contributed by atoms with Gasteiger partial charge < -0.3 is 0 Å². The Morgan fingerprint density at radius 3 is 0.671 bits per heavy atom. The molecule has 0 saturated heterocycles. The number of nitriles is 6. The first-order valence-corrected chi connectivity index (χ1v) is 47.5. The summed E-state index contributed by atoms with van der Waals surface area (Å²) in [5.41, 5.74) is 21.1. The summed E-state index contributed by atoms with van der Waals surface area (Å²) in [5.74, 6) is 7.73. The summed E-state index contributed by atoms with van der Waals surface area (Å²) in [7, 11) is 0. The fraction of sp³-hybridized carbons (Fsp3) is 0.132. The number of aryl methyl sites for hydroxylation is 10. The van der Waals surface area contributed by atoms with Gasteiger partial charge in [0.25, 0.3) is 0 Å². The maximum absolute atomic E-state index is 9.72. The average molecular weight is 1910 g/mol. The van der Waals surface area contributed by atoms with Gasteiger partial charge in [-0.05, 0) is 142 Å². The second-order valence-electron chi connectivity index (χ2n) is 31.0. The van der Waals surface area contributed by atoms with Crippen molar-refractivity contribution in [3.63, 3.8) is 0 Å². The van der Waals surface area contributed by atoms with Crippen LogP contribution in [0.3, 0.4) is 0 Å². The number of rotatable bonds is 20. The molecule has 0 saturated carbocycles. The van der Waals surface area contributed by atoms with Crippen LogP contribution in [0, 0.1) is 137 Å². The first-order valence-electron chi connectivity index (χ1n) is 43.6. The van der Waals surface area contributed by atoms with Gasteiger partial charge in [-0.2, -0.15) is 31.6 Å². The molecule has 0 unspecified atom stereocenters. The number of nitrogens with zero attached hydrogens (tertiary/aromatic N) is 30. The highest BCUT2D eigenvalue weighted by Gasteiger charge is 2.26. The van der Waals surface area contributed by atoms with Crippen molar-refractivity contribution >= 4 is 114 Å². The summed E-state index contributed by atoms with van der Waals surface area (Å²) in [5, 5.41) is 59.4. The minimum Gasteiger partial charge on any atom is -0.281 e. The van der Waals surface area contributed by atoms with Crippen molar-refractivity contribution < 1.29 is 0 Å². The summed E-state index contributed by atoms with van der Waals surface area (Å²) in [6, 6.07) is 84.4. The Labute approximate surface area is 823 Å². The number of hydrogen-bond donors (Lipinski definition) is 0. The van der Waals surface area contributed by atoms with Crippen LogP contribution in [-0.2, 0) is 0 Å². The minimum atomic E-state index is 0.275. The summed E-state index contributed by atoms with van der Waals surface area (Å²) < 4.78 is 11.8. The Morgan fingerprint density at radius 2 is 0.429 bits per heavy atom. The van der Waals surface area contributed by atoms with Crippen LogP contribution in [0.2, 0.25) is 0 Å². The molecule has 20 aromatic rings. The highest BCUT2D eigenvalue weighted by Crippen LogP contribution is 2.36. The van der Waals surface area contributed by atoms with E-state index in [1.165, 1.54) is 11.1 Å². The summed E-state index contributed by atoms with van der Waals surface area (Å²) in [6.07, 6.45) is 7.30. The molecule has 30 nitrogen and oxygen atoms in total. The zero-order valence-corrected chi connectivity index (χ0v) is 81.1. The van der Waals surface area contributed by atoms with Crippen LogP contribution in [0.15, 0.2) is 290 Å². The van der Waals surface area contributed by atoms with E-state index in [0.717, 1.165) is 106 Å². The van der Waals surface area contributed by atoms with Crippen molar-refractivity contribution in [1.82, 2.24) is 117 Å². The average Bonchev–Trinajstić information content (AvgIpc) is 1.75. The van der Waals surface area contributed by atoms with E-state index in [1.54, 1.807) is 74.7 Å². The van der Waals surface area contributed by atoms with Crippen LogP contribution in [0.5, 0.6) is 0 Å². The van der Waals surface area contributed by atoms with Gasteiger partial charge in [-0.15, -0.1) is 26.3 Å². The quantitative estimate of drug-likeness (QED) is 0.0505. The van der Waals surface area contributed by atoms with Crippen LogP contribution in [-0.4, -0.2) is 140 Å². The maximum atomic E-state index is 9.72. The summed E-state index contributed by atoms with van der Waals surface area (Å²) >= 11 is 6.20. The number of benzene rings is 8. The van der Waals surface area contributed by atoms with E-state index in [9.17, 15) is 26.3 Å². The SMILES string of the molecule is C=CCSc1nc2c(C#N)nc(-c3ccc(C)cc3)nc2n1-c1ccc(C)cc1.C=CCSc1nc2c(C#N)nc(C)nc2n1-c1ccc(C)cc1.C=CCSc1nc2c(C#N)nc(C)nc2n1-c1ccccc1.C=CCSc1nc2c(C#N)nc(C)nc2n1-c1ccccc1.Cc1ccc(-c2nc(C#N)c3nc(C)n(-c4ccccc4)c3n2)cc1.Cc1nc(C#N)c2nc(C)n(-c3ccccc3)c2n1. The molecule has 12 aromatic heterocycles. The predicted molar refractivity (Wildman–Crippen MR) is 550 cm³/mol. The molecule has 0 radical (unpaired) electrons. The van der Waals surface area contributed by atoms with E-state index in [-0.39, 0.29) is 5.69 Å². The van der Waals surface area contributed by atoms with Crippen molar-refractivity contribution in [2.75, 3.05) is 23.0 Å². The first kappa shape index (κ1) is 96.9. The number of hydrogen-bond acceptors (Lipinski definition) is 28. The largest absolute Gasteiger partial charge is 0.281 e. The molecule has 20 rings (SSSR count). The Balaban J connectivity index is 0.000000128. The van der Waals surface area contributed by atoms with Crippen molar-refractivity contribution in [2.45, 2.75) is 89.9 Å². The van der Waals surface area contributed by atoms with E-state index >= 15 is 0 Å². The highest BCUT2D eigenvalue weighted by atomic mass is 32.2. The summed E-state index contributed by atoms with van der Waals surface area (Å²) in [4.78, 5) is 80.4. The second kappa shape index (κ2) is 44.7. The Kier molecular flexibility index (Phi) is 30.9. The predicted octanol–water partition coefficient (Wildman–Crippen LogP) is 21.7. The third-order valence-corrected chi connectivity index (χ3v) is 24.7. The maximum Gasteiger partial charge on any atom is 0.175 e. The van der Waals surface area contributed by atoms with Crippen LogP contribution in [0.25, 0.3) is 124 Å². The molecule has 34 heteroatoms. The number of thioether (sulfide) groups is 4. The van der Waals surface area contributed by atoms with E-state index in [1.807, 2.05) is 293 Å². The fourth-order valence-electron chi connectivity index (χ4n) is 14.6. The molecule has 0 N–H and O–H groups in total. The van der Waals surface area contributed by atoms with Crippen molar-refractivity contribution in [1.29, 1.82) is 31.6 Å². The van der Waals surface area contributed by atoms with Crippen molar-refractivity contribution in [2.24, 2.45) is 0 Å². The van der Waals surface area contributed by atoms with Crippen LogP contribution >= 0.6 is 47.0 Å². The molecule has 140 heavy (non-hydrogen) atoms. The van der Waals surface area contributed by atoms with Crippen LogP contribution in [0.4, 0.5) is 0 Å². The fourth-order valence-corrected chi connectivity index (χ4v) is 17.6. The molecule has 12 heterocycles. The molecule has 684 valence electrons. The third kappa shape index (κ3) is 21.5. The lowest BCUT2D eigenvalue weighted by Gasteiger charge is -2.09. The van der Waals surface area contributed by atoms with Gasteiger partial charge in [-0.1, -0.05) is 239 Å². The molecule has 0 aliphatic heterocycles. The zero-order valence-electron chi connectivity index (χ0n) is 77.8. The lowest BCUT2D eigenvalue weighted by Crippen LogP contribution is -2.01. The molecule has 0 spiro atoms. The first-order chi connectivity index (χ1) is 68.1. The third-order valence-electron chi connectivity index (χ3n) is 20.9. The second-order valence-corrected chi connectivity index (χ2v) is 35.0. The smallest absolute Gasteiger partial charge is 0.175 e. The lowest BCUT2D eigenvalue weighted by atomic mass is 10.1. The normalized spacial score (nSPS) is 10.7. The van der Waals surface area contributed by atoms with E-state index in [4.69, 9.17) is 20.2 Å². The molecule has 0 amide bonds. The molecule has 0 aliphatic carbocycles. The molecule has 0 atom stereocenters. The topological polar surface area (TPSA) is 404 Å². The van der Waals surface area contributed by atoms with Crippen LogP contribution < -0.4 is 0 Å². The van der Waals surface area contributed by atoms with Crippen LogP contribution in [0.1, 0.15) is 91.4 Å². The van der Waals surface area contributed by atoms with E-state index in [2.05, 4.69) is 157 Å². The van der Waals surface area contributed by atoms with Gasteiger partial charge in [0.15, 0.2) is 100 Å². The van der Waals surface area contributed by atoms with Gasteiger partial charge in [0.2, 0.25) is 0 Å². The monoisotopic (exact) mass is 1910 g/mol. The standard InChI is InChI=1S/C23H19N5S.C20H15N5.C17H15N5S.2C16H13N5S.C14H11N5/c1-4-13-29-23-26-20-19(14-24)25-21(17-9-5-15(2)6-10-17)27-22(20)28(23)18-11-7-16(3)8-12-18;1-13-8-10-15(11-9-13)19-23-17(12-21)18-20(24-19)25(14(2)22-18)16-6-4-3-5-7-16;1-4-9-23-17-21-15-14(10-18)19-12(3)20-16(15)22(17)13-7-5-11(2)6-8-13;2*1-3-9-22-16-20-14-13(10-17)18-11(2)19-15(14)21(16)12-7-5-4-6-8-12;1-9-16-12(8-15)13-14(17-9)19(10(2)18-13)11-6-4-3-5-7-11/h4-12H,1,13H2,2-3H3;3-11H,1-2H3;4-8H,1,9H2,2-3H3;2*3-8H,1,9H2,2H3;3-7H,1-2H3. The Hall–Kier alpha value is -17.6. The number of para-hydroxylation sites is 4. The van der Waals surface area contributed by atoms with Gasteiger partial charge in [0, 0.05) is 68.3 Å². The molecule has 0 fully saturated rings. The lowest BCUT2D eigenvalue weighted by molar-refractivity contribution is 0.905. The molecular weight excluding hydrogens is 1820 g/mol. The highest BCUT2D eigenvalue weighted by molar-refractivity contribution is 8.00. The zero-order chi connectivity index (χ0) is 98.6. The molecular formula is C106H86N30S4. The van der Waals surface area contributed by atoms with Gasteiger partial charge in [0.1, 0.15) is 104 Å². The number of aromatic nitrogens is 24. The number of imidazole rings is 6. The van der Waals surface area contributed by atoms with Crippen molar-refractivity contribution in [3.8, 4) is 93.3 Å². The van der Waals surface area contributed by atoms with E-state index < -0.39 is 0 Å².